The summed E-state index contributed by atoms with van der Waals surface area (Å²) in [5.41, 5.74) is 0.191. The molecule has 1 aromatic heterocycles. The Labute approximate surface area is 207 Å². The highest BCUT2D eigenvalue weighted by molar-refractivity contribution is 5.94. The van der Waals surface area contributed by atoms with Crippen molar-refractivity contribution in [3.63, 3.8) is 0 Å². The van der Waals surface area contributed by atoms with Crippen LogP contribution in [-0.2, 0) is 14.4 Å². The Morgan fingerprint density at radius 3 is 2.29 bits per heavy atom. The number of hydrogen-bond acceptors (Lipinski definition) is 6. The second kappa shape index (κ2) is 12.4. The maximum absolute atomic E-state index is 13.5. The lowest BCUT2D eigenvalue weighted by atomic mass is 9.99. The number of amides is 3. The maximum atomic E-state index is 13.5. The second-order valence-corrected chi connectivity index (χ2v) is 10.1. The topological polar surface area (TPSA) is 114 Å². The first-order chi connectivity index (χ1) is 16.4. The molecule has 192 valence electrons. The van der Waals surface area contributed by atoms with Gasteiger partial charge in [0.15, 0.2) is 5.82 Å². The van der Waals surface area contributed by atoms with Crippen LogP contribution in [0.4, 0.5) is 5.82 Å². The Bertz CT molecular complexity index is 992. The largest absolute Gasteiger partial charge is 0.497 e. The van der Waals surface area contributed by atoms with E-state index in [0.717, 1.165) is 0 Å². The van der Waals surface area contributed by atoms with Crippen molar-refractivity contribution in [2.24, 2.45) is 5.92 Å². The average molecular weight is 487 g/mol. The van der Waals surface area contributed by atoms with E-state index >= 15 is 0 Å². The number of carbonyl (C=O) groups is 3. The summed E-state index contributed by atoms with van der Waals surface area (Å²) in [6.45, 7) is 11.9. The van der Waals surface area contributed by atoms with Gasteiger partial charge in [-0.15, -0.1) is 0 Å². The first-order valence-electron chi connectivity index (χ1n) is 11.9. The number of rotatable bonds is 11. The van der Waals surface area contributed by atoms with Gasteiger partial charge in [-0.2, -0.15) is 0 Å². The summed E-state index contributed by atoms with van der Waals surface area (Å²) in [6, 6.07) is 7.89. The molecule has 2 rings (SSSR count). The number of aryl methyl sites for hydroxylation is 1. The smallest absolute Gasteiger partial charge is 0.247 e. The van der Waals surface area contributed by atoms with Crippen molar-refractivity contribution in [1.82, 2.24) is 15.4 Å². The molecular weight excluding hydrogens is 448 g/mol. The van der Waals surface area contributed by atoms with Gasteiger partial charge < -0.3 is 24.8 Å². The van der Waals surface area contributed by atoms with Gasteiger partial charge in [-0.25, -0.2) is 0 Å². The molecule has 0 aliphatic heterocycles. The fourth-order valence-electron chi connectivity index (χ4n) is 3.49. The fraction of sp³-hybridized carbons (Fsp3) is 0.538. The molecule has 1 unspecified atom stereocenters. The minimum atomic E-state index is -0.840. The number of methoxy groups -OCH3 is 1. The minimum absolute atomic E-state index is 0.0425. The summed E-state index contributed by atoms with van der Waals surface area (Å²) in [7, 11) is 1.57. The van der Waals surface area contributed by atoms with Gasteiger partial charge in [0.2, 0.25) is 17.7 Å². The molecule has 0 fully saturated rings. The fourth-order valence-corrected chi connectivity index (χ4v) is 3.49. The summed E-state index contributed by atoms with van der Waals surface area (Å²) < 4.78 is 10.2. The van der Waals surface area contributed by atoms with Gasteiger partial charge in [-0.05, 0) is 57.7 Å². The monoisotopic (exact) mass is 486 g/mol. The molecule has 1 atom stereocenters. The Kier molecular flexibility index (Phi) is 9.86. The van der Waals surface area contributed by atoms with E-state index in [1.165, 1.54) is 0 Å². The number of nitrogens with one attached hydrogen (secondary N) is 2. The van der Waals surface area contributed by atoms with Crippen molar-refractivity contribution in [2.45, 2.75) is 72.4 Å². The lowest BCUT2D eigenvalue weighted by molar-refractivity contribution is -0.142. The summed E-state index contributed by atoms with van der Waals surface area (Å²) in [5, 5.41) is 9.37. The zero-order valence-corrected chi connectivity index (χ0v) is 21.8. The van der Waals surface area contributed by atoms with Crippen molar-refractivity contribution >= 4 is 23.5 Å². The van der Waals surface area contributed by atoms with Crippen molar-refractivity contribution < 1.29 is 23.6 Å². The van der Waals surface area contributed by atoms with Crippen molar-refractivity contribution in [1.29, 1.82) is 0 Å². The van der Waals surface area contributed by atoms with Gasteiger partial charge in [0.1, 0.15) is 17.6 Å². The number of ether oxygens (including phenoxy) is 1. The minimum Gasteiger partial charge on any atom is -0.497 e. The Hall–Kier alpha value is -3.36. The molecule has 0 spiro atoms. The number of anilines is 1. The van der Waals surface area contributed by atoms with Crippen molar-refractivity contribution in [3.05, 3.63) is 41.7 Å². The molecule has 0 aliphatic carbocycles. The van der Waals surface area contributed by atoms with Gasteiger partial charge >= 0.3 is 0 Å². The van der Waals surface area contributed by atoms with Gasteiger partial charge in [0.05, 0.1) is 7.11 Å². The van der Waals surface area contributed by atoms with Gasteiger partial charge in [-0.1, -0.05) is 31.1 Å². The van der Waals surface area contributed by atoms with E-state index in [2.05, 4.69) is 29.6 Å². The predicted molar refractivity (Wildman–Crippen MR) is 134 cm³/mol. The molecule has 0 radical (unpaired) electrons. The van der Waals surface area contributed by atoms with Crippen molar-refractivity contribution in [2.75, 3.05) is 19.0 Å². The van der Waals surface area contributed by atoms with Crippen LogP contribution in [0, 0.1) is 12.8 Å². The molecule has 35 heavy (non-hydrogen) atoms. The third-order valence-corrected chi connectivity index (χ3v) is 5.22. The van der Waals surface area contributed by atoms with E-state index in [1.54, 1.807) is 49.3 Å². The lowest BCUT2D eigenvalue weighted by Crippen LogP contribution is -2.49. The van der Waals surface area contributed by atoms with Crippen molar-refractivity contribution in [3.8, 4) is 5.75 Å². The highest BCUT2D eigenvalue weighted by Gasteiger charge is 2.33. The third-order valence-electron chi connectivity index (χ3n) is 5.22. The summed E-state index contributed by atoms with van der Waals surface area (Å²) in [6.07, 6.45) is 0.626. The van der Waals surface area contributed by atoms with E-state index in [0.29, 0.717) is 41.8 Å². The zero-order valence-electron chi connectivity index (χ0n) is 21.8. The lowest BCUT2D eigenvalue weighted by Gasteiger charge is -2.34. The molecule has 0 aliphatic rings. The molecule has 1 heterocycles. The van der Waals surface area contributed by atoms with Crippen LogP contribution in [0.5, 0.6) is 5.75 Å². The van der Waals surface area contributed by atoms with E-state index in [9.17, 15) is 14.4 Å². The van der Waals surface area contributed by atoms with Gasteiger partial charge in [0, 0.05) is 31.0 Å². The van der Waals surface area contributed by atoms with Crippen LogP contribution in [0.1, 0.15) is 71.2 Å². The van der Waals surface area contributed by atoms with Crippen LogP contribution in [0.2, 0.25) is 0 Å². The molecule has 0 saturated heterocycles. The first kappa shape index (κ1) is 27.9. The van der Waals surface area contributed by atoms with Crippen LogP contribution in [0.15, 0.2) is 34.9 Å². The quantitative estimate of drug-likeness (QED) is 0.491. The zero-order chi connectivity index (χ0) is 26.2. The number of nitrogens with zero attached hydrogens (tertiary/aromatic N) is 2. The molecule has 2 N–H and O–H groups in total. The molecule has 9 nitrogen and oxygen atoms in total. The number of benzene rings is 1. The molecule has 1 aromatic carbocycles. The summed E-state index contributed by atoms with van der Waals surface area (Å²) in [5.74, 6) is 0.954. The molecule has 2 aromatic rings. The van der Waals surface area contributed by atoms with Crippen LogP contribution < -0.4 is 15.4 Å². The SMILES string of the molecule is COc1ccc(C(C(=O)NC(C)(C)C)N(CCC(C)C)C(=O)CCC(=O)Nc2cc(C)on2)cc1. The highest BCUT2D eigenvalue weighted by Crippen LogP contribution is 2.26. The second-order valence-electron chi connectivity index (χ2n) is 10.1. The van der Waals surface area contributed by atoms with E-state index in [4.69, 9.17) is 9.26 Å². The van der Waals surface area contributed by atoms with Gasteiger partial charge in [0.25, 0.3) is 0 Å². The maximum Gasteiger partial charge on any atom is 0.247 e. The number of hydrogen-bond donors (Lipinski definition) is 2. The summed E-state index contributed by atoms with van der Waals surface area (Å²) in [4.78, 5) is 40.9. The Morgan fingerprint density at radius 1 is 1.11 bits per heavy atom. The Balaban J connectivity index is 2.28. The van der Waals surface area contributed by atoms with Gasteiger partial charge in [-0.3, -0.25) is 14.4 Å². The normalized spacial score (nSPS) is 12.2. The molecule has 0 saturated carbocycles. The number of carbonyl (C=O) groups excluding carboxylic acids is 3. The van der Waals surface area contributed by atoms with E-state index < -0.39 is 11.6 Å². The average Bonchev–Trinajstić information content (AvgIpc) is 3.18. The van der Waals surface area contributed by atoms with Crippen LogP contribution in [0.3, 0.4) is 0 Å². The standard InChI is InChI=1S/C26H38N4O5/c1-17(2)14-15-30(23(32)13-12-22(31)27-21-16-18(3)35-29-21)24(25(33)28-26(4,5)6)19-8-10-20(34-7)11-9-19/h8-11,16-17,24H,12-15H2,1-7H3,(H,28,33)(H,27,29,31). The summed E-state index contributed by atoms with van der Waals surface area (Å²) >= 11 is 0. The van der Waals surface area contributed by atoms with Crippen LogP contribution in [-0.4, -0.2) is 47.0 Å². The first-order valence-corrected chi connectivity index (χ1v) is 11.9. The van der Waals surface area contributed by atoms with Crippen LogP contribution in [0.25, 0.3) is 0 Å². The highest BCUT2D eigenvalue weighted by atomic mass is 16.5. The predicted octanol–water partition coefficient (Wildman–Crippen LogP) is 4.24. The van der Waals surface area contributed by atoms with Crippen LogP contribution >= 0.6 is 0 Å². The molecule has 0 bridgehead atoms. The Morgan fingerprint density at radius 2 is 1.77 bits per heavy atom. The third kappa shape index (κ3) is 9.07. The number of aromatic nitrogens is 1. The molecule has 3 amide bonds. The molecular formula is C26H38N4O5. The molecule has 9 heteroatoms. The van der Waals surface area contributed by atoms with E-state index in [1.807, 2.05) is 20.8 Å². The van der Waals surface area contributed by atoms with E-state index in [-0.39, 0.29) is 30.6 Å².